The predicted molar refractivity (Wildman–Crippen MR) is 68.5 cm³/mol. The molecule has 2 aromatic heterocycles. The Kier molecular flexibility index (Phi) is 3.70. The molecule has 19 heavy (non-hydrogen) atoms. The summed E-state index contributed by atoms with van der Waals surface area (Å²) < 4.78 is 7.55. The van der Waals surface area contributed by atoms with Gasteiger partial charge in [0.1, 0.15) is 0 Å². The van der Waals surface area contributed by atoms with Crippen molar-refractivity contribution in [3.05, 3.63) is 20.8 Å². The molecule has 104 valence electrons. The molecule has 2 rings (SSSR count). The van der Waals surface area contributed by atoms with Crippen molar-refractivity contribution >= 4 is 11.2 Å². The summed E-state index contributed by atoms with van der Waals surface area (Å²) in [6.45, 7) is 2.29. The lowest BCUT2D eigenvalue weighted by Crippen LogP contribution is -2.39. The van der Waals surface area contributed by atoms with Crippen LogP contribution in [0.3, 0.4) is 0 Å². The van der Waals surface area contributed by atoms with Crippen LogP contribution in [0.2, 0.25) is 0 Å². The van der Waals surface area contributed by atoms with Crippen LogP contribution in [0.4, 0.5) is 0 Å². The molecule has 0 aromatic carbocycles. The van der Waals surface area contributed by atoms with E-state index in [1.54, 1.807) is 6.92 Å². The number of H-pyrrole nitrogens is 1. The van der Waals surface area contributed by atoms with Gasteiger partial charge < -0.3 is 14.8 Å². The number of imidazole rings is 1. The van der Waals surface area contributed by atoms with Gasteiger partial charge in [0.05, 0.1) is 6.61 Å². The lowest BCUT2D eigenvalue weighted by molar-refractivity contribution is 0.277. The maximum atomic E-state index is 12.2. The van der Waals surface area contributed by atoms with E-state index in [2.05, 4.69) is 9.97 Å². The van der Waals surface area contributed by atoms with Gasteiger partial charge >= 0.3 is 5.69 Å². The molecule has 2 aromatic rings. The first kappa shape index (κ1) is 13.3. The number of ether oxygens (including phenoxy) is 1. The largest absolute Gasteiger partial charge is 0.465 e. The summed E-state index contributed by atoms with van der Waals surface area (Å²) >= 11 is 0. The SMILES string of the molecule is CCOc1nc2c([nH]1)c(=O)n(CCCO)c(=O)n2C. The van der Waals surface area contributed by atoms with Crippen LogP contribution in [0.25, 0.3) is 11.2 Å². The van der Waals surface area contributed by atoms with Gasteiger partial charge in [0, 0.05) is 20.2 Å². The quantitative estimate of drug-likeness (QED) is 0.739. The highest BCUT2D eigenvalue weighted by Gasteiger charge is 2.15. The highest BCUT2D eigenvalue weighted by molar-refractivity contribution is 5.70. The van der Waals surface area contributed by atoms with Crippen LogP contribution in [-0.4, -0.2) is 37.4 Å². The molecule has 0 aliphatic heterocycles. The Balaban J connectivity index is 2.66. The minimum Gasteiger partial charge on any atom is -0.465 e. The van der Waals surface area contributed by atoms with E-state index in [-0.39, 0.29) is 30.3 Å². The summed E-state index contributed by atoms with van der Waals surface area (Å²) in [6, 6.07) is 0.213. The Hall–Kier alpha value is -2.09. The van der Waals surface area contributed by atoms with Gasteiger partial charge in [0.15, 0.2) is 11.2 Å². The topological polar surface area (TPSA) is 102 Å². The average molecular weight is 268 g/mol. The van der Waals surface area contributed by atoms with Crippen LogP contribution < -0.4 is 16.0 Å². The second kappa shape index (κ2) is 5.27. The van der Waals surface area contributed by atoms with Gasteiger partial charge in [-0.25, -0.2) is 4.79 Å². The molecule has 8 heteroatoms. The highest BCUT2D eigenvalue weighted by Crippen LogP contribution is 2.10. The van der Waals surface area contributed by atoms with Crippen LogP contribution in [0.1, 0.15) is 13.3 Å². The molecule has 0 fully saturated rings. The Morgan fingerprint density at radius 1 is 1.42 bits per heavy atom. The number of aromatic nitrogens is 4. The normalized spacial score (nSPS) is 11.1. The van der Waals surface area contributed by atoms with Crippen LogP contribution in [0.15, 0.2) is 9.59 Å². The summed E-state index contributed by atoms with van der Waals surface area (Å²) in [7, 11) is 1.54. The Morgan fingerprint density at radius 2 is 2.16 bits per heavy atom. The monoisotopic (exact) mass is 268 g/mol. The summed E-state index contributed by atoms with van der Waals surface area (Å²) in [5, 5.41) is 8.80. The van der Waals surface area contributed by atoms with Gasteiger partial charge in [-0.05, 0) is 13.3 Å². The third-order valence-electron chi connectivity index (χ3n) is 2.78. The number of aliphatic hydroxyl groups excluding tert-OH is 1. The predicted octanol–water partition coefficient (Wildman–Crippen LogP) is -0.796. The van der Waals surface area contributed by atoms with Crippen molar-refractivity contribution in [2.24, 2.45) is 7.05 Å². The lowest BCUT2D eigenvalue weighted by Gasteiger charge is -2.06. The average Bonchev–Trinajstić information content (AvgIpc) is 2.81. The first-order chi connectivity index (χ1) is 9.10. The Labute approximate surface area is 108 Å². The second-order valence-electron chi connectivity index (χ2n) is 4.05. The van der Waals surface area contributed by atoms with Crippen molar-refractivity contribution in [2.45, 2.75) is 19.9 Å². The highest BCUT2D eigenvalue weighted by atomic mass is 16.5. The maximum Gasteiger partial charge on any atom is 0.332 e. The van der Waals surface area contributed by atoms with Gasteiger partial charge in [0.2, 0.25) is 0 Å². The van der Waals surface area contributed by atoms with Crippen LogP contribution >= 0.6 is 0 Å². The molecule has 0 unspecified atom stereocenters. The molecule has 0 aliphatic rings. The van der Waals surface area contributed by atoms with E-state index in [1.807, 2.05) is 0 Å². The van der Waals surface area contributed by atoms with Crippen molar-refractivity contribution in [3.8, 4) is 6.01 Å². The standard InChI is InChI=1S/C11H16N4O4/c1-3-19-10-12-7-8(13-10)14(2)11(18)15(9(7)17)5-4-6-16/h16H,3-6H2,1-2H3,(H,12,13). The van der Waals surface area contributed by atoms with E-state index < -0.39 is 11.2 Å². The van der Waals surface area contributed by atoms with Crippen LogP contribution in [0, 0.1) is 0 Å². The minimum atomic E-state index is -0.458. The number of aliphatic hydroxyl groups is 1. The van der Waals surface area contributed by atoms with Gasteiger partial charge in [0.25, 0.3) is 11.6 Å². The Bertz CT molecular complexity index is 697. The van der Waals surface area contributed by atoms with Crippen LogP contribution in [-0.2, 0) is 13.6 Å². The fraction of sp³-hybridized carbons (Fsp3) is 0.545. The smallest absolute Gasteiger partial charge is 0.332 e. The van der Waals surface area contributed by atoms with Crippen molar-refractivity contribution in [1.82, 2.24) is 19.1 Å². The number of nitrogens with one attached hydrogen (secondary N) is 1. The second-order valence-corrected chi connectivity index (χ2v) is 4.05. The minimum absolute atomic E-state index is 0.0825. The Morgan fingerprint density at radius 3 is 2.79 bits per heavy atom. The van der Waals surface area contributed by atoms with Crippen molar-refractivity contribution in [3.63, 3.8) is 0 Å². The molecule has 0 spiro atoms. The third kappa shape index (κ3) is 2.26. The van der Waals surface area contributed by atoms with E-state index in [1.165, 1.54) is 11.6 Å². The van der Waals surface area contributed by atoms with Crippen molar-refractivity contribution < 1.29 is 9.84 Å². The van der Waals surface area contributed by atoms with Crippen molar-refractivity contribution in [1.29, 1.82) is 0 Å². The molecule has 0 bridgehead atoms. The molecular formula is C11H16N4O4. The molecule has 0 amide bonds. The fourth-order valence-electron chi connectivity index (χ4n) is 1.86. The zero-order valence-corrected chi connectivity index (χ0v) is 10.8. The molecule has 2 N–H and O–H groups in total. The van der Waals surface area contributed by atoms with Crippen LogP contribution in [0.5, 0.6) is 6.01 Å². The number of nitrogens with zero attached hydrogens (tertiary/aromatic N) is 3. The molecule has 0 saturated heterocycles. The molecule has 8 nitrogen and oxygen atoms in total. The van der Waals surface area contributed by atoms with Gasteiger partial charge in [-0.1, -0.05) is 0 Å². The first-order valence-corrected chi connectivity index (χ1v) is 6.03. The third-order valence-corrected chi connectivity index (χ3v) is 2.78. The molecule has 0 saturated carbocycles. The number of hydrogen-bond acceptors (Lipinski definition) is 5. The zero-order chi connectivity index (χ0) is 14.0. The van der Waals surface area contributed by atoms with E-state index in [9.17, 15) is 9.59 Å². The maximum absolute atomic E-state index is 12.2. The van der Waals surface area contributed by atoms with E-state index in [4.69, 9.17) is 9.84 Å². The molecular weight excluding hydrogens is 252 g/mol. The summed E-state index contributed by atoms with van der Waals surface area (Å²) in [6.07, 6.45) is 0.340. The number of hydrogen-bond donors (Lipinski definition) is 2. The van der Waals surface area contributed by atoms with Crippen molar-refractivity contribution in [2.75, 3.05) is 13.2 Å². The van der Waals surface area contributed by atoms with E-state index in [0.29, 0.717) is 13.0 Å². The number of fused-ring (bicyclic) bond motifs is 1. The summed E-state index contributed by atoms with van der Waals surface area (Å²) in [5.41, 5.74) is -0.423. The number of aryl methyl sites for hydroxylation is 1. The van der Waals surface area contributed by atoms with Gasteiger partial charge in [-0.2, -0.15) is 4.98 Å². The number of aromatic amines is 1. The zero-order valence-electron chi connectivity index (χ0n) is 10.8. The summed E-state index contributed by atoms with van der Waals surface area (Å²) in [5.74, 6) is 0. The van der Waals surface area contributed by atoms with E-state index in [0.717, 1.165) is 4.57 Å². The molecule has 0 radical (unpaired) electrons. The van der Waals surface area contributed by atoms with Gasteiger partial charge in [-0.3, -0.25) is 13.9 Å². The first-order valence-electron chi connectivity index (χ1n) is 6.03. The van der Waals surface area contributed by atoms with E-state index >= 15 is 0 Å². The summed E-state index contributed by atoms with van der Waals surface area (Å²) in [4.78, 5) is 31.0. The number of rotatable bonds is 5. The molecule has 2 heterocycles. The van der Waals surface area contributed by atoms with Gasteiger partial charge in [-0.15, -0.1) is 0 Å². The fourth-order valence-corrected chi connectivity index (χ4v) is 1.86. The lowest BCUT2D eigenvalue weighted by atomic mass is 10.4. The molecule has 0 aliphatic carbocycles. The molecule has 0 atom stereocenters.